The quantitative estimate of drug-likeness (QED) is 0.450. The van der Waals surface area contributed by atoms with Crippen molar-refractivity contribution in [3.8, 4) is 11.5 Å². The third-order valence-corrected chi connectivity index (χ3v) is 4.17. The second kappa shape index (κ2) is 12.0. The molecule has 0 heterocycles. The summed E-state index contributed by atoms with van der Waals surface area (Å²) in [6.07, 6.45) is 3.14. The fraction of sp³-hybridized carbons (Fsp3) is 0.381. The summed E-state index contributed by atoms with van der Waals surface area (Å²) in [5.74, 6) is 0.303. The molecule has 0 aliphatic heterocycles. The van der Waals surface area contributed by atoms with Crippen LogP contribution in [0.5, 0.6) is 11.5 Å². The fourth-order valence-corrected chi connectivity index (χ4v) is 2.74. The van der Waals surface area contributed by atoms with E-state index >= 15 is 0 Å². The van der Waals surface area contributed by atoms with Gasteiger partial charge < -0.3 is 19.4 Å². The number of hydrogen-bond donors (Lipinski definition) is 0. The minimum Gasteiger partial charge on any atom is -0.546 e. The number of carbonyl (C=O) groups is 1. The van der Waals surface area contributed by atoms with Crippen molar-refractivity contribution in [1.29, 1.82) is 0 Å². The number of para-hydroxylation sites is 1. The van der Waals surface area contributed by atoms with Crippen molar-refractivity contribution in [2.24, 2.45) is 0 Å². The maximum absolute atomic E-state index is 11.3. The SMILES string of the molecule is COc1ccccc1CCCCCC(Oc1ccc(C)cc1)C(=O)[O-].[Na+]. The minimum atomic E-state index is -1.16. The monoisotopic (exact) mass is 364 g/mol. The van der Waals surface area contributed by atoms with Crippen LogP contribution in [0, 0.1) is 6.92 Å². The number of methoxy groups -OCH3 is 1. The van der Waals surface area contributed by atoms with Gasteiger partial charge in [0, 0.05) is 0 Å². The normalized spacial score (nSPS) is 11.3. The van der Waals surface area contributed by atoms with E-state index in [0.717, 1.165) is 37.0 Å². The molecule has 0 saturated carbocycles. The van der Waals surface area contributed by atoms with E-state index in [2.05, 4.69) is 6.07 Å². The molecule has 26 heavy (non-hydrogen) atoms. The Labute approximate surface area is 177 Å². The summed E-state index contributed by atoms with van der Waals surface area (Å²) < 4.78 is 10.9. The second-order valence-corrected chi connectivity index (χ2v) is 6.15. The molecule has 0 aliphatic rings. The third-order valence-electron chi connectivity index (χ3n) is 4.17. The molecule has 0 fully saturated rings. The van der Waals surface area contributed by atoms with Gasteiger partial charge in [-0.1, -0.05) is 42.3 Å². The van der Waals surface area contributed by atoms with E-state index in [1.807, 2.05) is 37.3 Å². The number of carboxylic acid groups (broad SMARTS) is 1. The average Bonchev–Trinajstić information content (AvgIpc) is 2.62. The van der Waals surface area contributed by atoms with E-state index in [-0.39, 0.29) is 29.6 Å². The summed E-state index contributed by atoms with van der Waals surface area (Å²) in [5.41, 5.74) is 2.28. The zero-order chi connectivity index (χ0) is 18.1. The van der Waals surface area contributed by atoms with Gasteiger partial charge in [0.25, 0.3) is 0 Å². The largest absolute Gasteiger partial charge is 1.00 e. The molecule has 0 aliphatic carbocycles. The number of rotatable bonds is 10. The second-order valence-electron chi connectivity index (χ2n) is 6.15. The van der Waals surface area contributed by atoms with Gasteiger partial charge in [0.05, 0.1) is 13.1 Å². The maximum atomic E-state index is 11.3. The van der Waals surface area contributed by atoms with E-state index in [0.29, 0.717) is 12.2 Å². The average molecular weight is 364 g/mol. The molecule has 2 rings (SSSR count). The molecule has 2 aromatic carbocycles. The topological polar surface area (TPSA) is 58.6 Å². The molecule has 134 valence electrons. The minimum absolute atomic E-state index is 0. The maximum Gasteiger partial charge on any atom is 1.00 e. The molecule has 0 aromatic heterocycles. The zero-order valence-electron chi connectivity index (χ0n) is 15.9. The number of hydrogen-bond acceptors (Lipinski definition) is 4. The first-order valence-electron chi connectivity index (χ1n) is 8.66. The van der Waals surface area contributed by atoms with Crippen molar-refractivity contribution < 1.29 is 48.9 Å². The van der Waals surface area contributed by atoms with Crippen molar-refractivity contribution >= 4 is 5.97 Å². The van der Waals surface area contributed by atoms with Crippen LogP contribution < -0.4 is 44.1 Å². The Morgan fingerprint density at radius 1 is 1.04 bits per heavy atom. The summed E-state index contributed by atoms with van der Waals surface area (Å²) in [5, 5.41) is 11.3. The molecule has 0 bridgehead atoms. The zero-order valence-corrected chi connectivity index (χ0v) is 17.9. The van der Waals surface area contributed by atoms with Gasteiger partial charge in [-0.2, -0.15) is 0 Å². The predicted octanol–water partition coefficient (Wildman–Crippen LogP) is 0.308. The molecule has 1 unspecified atom stereocenters. The van der Waals surface area contributed by atoms with Crippen LogP contribution in [0.2, 0.25) is 0 Å². The van der Waals surface area contributed by atoms with Crippen LogP contribution in [0.3, 0.4) is 0 Å². The third kappa shape index (κ3) is 7.40. The Kier molecular flexibility index (Phi) is 10.4. The summed E-state index contributed by atoms with van der Waals surface area (Å²) in [6.45, 7) is 1.97. The van der Waals surface area contributed by atoms with Crippen LogP contribution in [0.1, 0.15) is 36.8 Å². The van der Waals surface area contributed by atoms with Crippen molar-refractivity contribution in [2.45, 2.75) is 45.1 Å². The number of aliphatic carboxylic acids is 1. The van der Waals surface area contributed by atoms with Crippen LogP contribution in [0.15, 0.2) is 48.5 Å². The summed E-state index contributed by atoms with van der Waals surface area (Å²) in [6, 6.07) is 15.3. The Morgan fingerprint density at radius 3 is 2.38 bits per heavy atom. The molecule has 1 atom stereocenters. The Morgan fingerprint density at radius 2 is 1.73 bits per heavy atom. The first kappa shape index (κ1) is 22.6. The first-order valence-corrected chi connectivity index (χ1v) is 8.66. The van der Waals surface area contributed by atoms with Gasteiger partial charge in [0.1, 0.15) is 17.6 Å². The van der Waals surface area contributed by atoms with Crippen LogP contribution >= 0.6 is 0 Å². The van der Waals surface area contributed by atoms with Crippen LogP contribution in [-0.4, -0.2) is 19.2 Å². The van der Waals surface area contributed by atoms with Crippen LogP contribution in [0.25, 0.3) is 0 Å². The molecule has 0 saturated heterocycles. The van der Waals surface area contributed by atoms with Gasteiger partial charge in [-0.05, 0) is 56.4 Å². The Bertz CT molecular complexity index is 670. The van der Waals surface area contributed by atoms with Crippen molar-refractivity contribution in [3.63, 3.8) is 0 Å². The number of ether oxygens (including phenoxy) is 2. The first-order chi connectivity index (χ1) is 12.1. The summed E-state index contributed by atoms with van der Waals surface area (Å²) >= 11 is 0. The van der Waals surface area contributed by atoms with E-state index in [4.69, 9.17) is 9.47 Å². The number of aryl methyl sites for hydroxylation is 2. The molecule has 4 nitrogen and oxygen atoms in total. The Hall–Kier alpha value is -1.49. The molecular weight excluding hydrogens is 339 g/mol. The van der Waals surface area contributed by atoms with E-state index in [9.17, 15) is 9.90 Å². The molecule has 0 N–H and O–H groups in total. The van der Waals surface area contributed by atoms with Gasteiger partial charge in [-0.3, -0.25) is 0 Å². The molecule has 0 spiro atoms. The van der Waals surface area contributed by atoms with E-state index < -0.39 is 12.1 Å². The molecule has 2 aromatic rings. The molecule has 0 amide bonds. The van der Waals surface area contributed by atoms with Crippen molar-refractivity contribution in [1.82, 2.24) is 0 Å². The van der Waals surface area contributed by atoms with Crippen LogP contribution in [0.4, 0.5) is 0 Å². The van der Waals surface area contributed by atoms with Gasteiger partial charge in [-0.15, -0.1) is 0 Å². The molecule has 5 heteroatoms. The smallest absolute Gasteiger partial charge is 0.546 e. The van der Waals surface area contributed by atoms with Gasteiger partial charge in [0.15, 0.2) is 0 Å². The molecule has 0 radical (unpaired) electrons. The van der Waals surface area contributed by atoms with E-state index in [1.165, 1.54) is 5.56 Å². The van der Waals surface area contributed by atoms with E-state index in [1.54, 1.807) is 19.2 Å². The van der Waals surface area contributed by atoms with Gasteiger partial charge in [0.2, 0.25) is 0 Å². The van der Waals surface area contributed by atoms with Gasteiger partial charge in [-0.25, -0.2) is 0 Å². The van der Waals surface area contributed by atoms with Crippen molar-refractivity contribution in [2.75, 3.05) is 7.11 Å². The standard InChI is InChI=1S/C21H26O4.Na/c1-16-12-14-18(15-13-16)25-20(21(22)23)11-5-3-4-8-17-9-6-7-10-19(17)24-2;/h6-7,9-10,12-15,20H,3-5,8,11H2,1-2H3,(H,22,23);/q;+1/p-1. The number of carboxylic acids is 1. The Balaban J connectivity index is 0.00000338. The predicted molar refractivity (Wildman–Crippen MR) is 95.8 cm³/mol. The number of benzene rings is 2. The number of carbonyl (C=O) groups excluding carboxylic acids is 1. The number of unbranched alkanes of at least 4 members (excludes halogenated alkanes) is 2. The summed E-state index contributed by atoms with van der Waals surface area (Å²) in [7, 11) is 1.67. The van der Waals surface area contributed by atoms with Crippen LogP contribution in [-0.2, 0) is 11.2 Å². The summed E-state index contributed by atoms with van der Waals surface area (Å²) in [4.78, 5) is 11.3. The van der Waals surface area contributed by atoms with Crippen molar-refractivity contribution in [3.05, 3.63) is 59.7 Å². The van der Waals surface area contributed by atoms with Gasteiger partial charge >= 0.3 is 29.6 Å². The fourth-order valence-electron chi connectivity index (χ4n) is 2.74. The molecular formula is C21H25NaO4.